The minimum absolute atomic E-state index is 0.0136. The number of hydrogen-bond donors (Lipinski definition) is 1. The van der Waals surface area contributed by atoms with Crippen molar-refractivity contribution in [3.63, 3.8) is 0 Å². The first-order valence-corrected chi connectivity index (χ1v) is 5.64. The Hall–Kier alpha value is -1.44. The molecular formula is C10H8F4O3S. The fourth-order valence-electron chi connectivity index (χ4n) is 1.08. The summed E-state index contributed by atoms with van der Waals surface area (Å²) in [5, 5.41) is 8.55. The van der Waals surface area contributed by atoms with Crippen LogP contribution in [0.1, 0.15) is 10.4 Å². The first kappa shape index (κ1) is 14.6. The van der Waals surface area contributed by atoms with Gasteiger partial charge in [0.1, 0.15) is 11.6 Å². The summed E-state index contributed by atoms with van der Waals surface area (Å²) in [4.78, 5) is 10.5. The molecule has 1 aromatic carbocycles. The Labute approximate surface area is 104 Å². The molecule has 0 amide bonds. The number of aromatic carboxylic acids is 1. The van der Waals surface area contributed by atoms with Gasteiger partial charge in [0.15, 0.2) is 0 Å². The fourth-order valence-corrected chi connectivity index (χ4v) is 1.47. The van der Waals surface area contributed by atoms with Crippen LogP contribution in [0.4, 0.5) is 17.6 Å². The molecule has 0 heterocycles. The number of halogens is 4. The average Bonchev–Trinajstić information content (AvgIpc) is 2.22. The summed E-state index contributed by atoms with van der Waals surface area (Å²) in [6.07, 6.45) is 0. The molecule has 0 saturated heterocycles. The van der Waals surface area contributed by atoms with Gasteiger partial charge in [-0.15, -0.1) is 0 Å². The van der Waals surface area contributed by atoms with E-state index in [1.165, 1.54) is 6.07 Å². The monoisotopic (exact) mass is 284 g/mol. The lowest BCUT2D eigenvalue weighted by atomic mass is 10.2. The molecule has 0 aliphatic heterocycles. The van der Waals surface area contributed by atoms with Crippen LogP contribution in [0.2, 0.25) is 0 Å². The van der Waals surface area contributed by atoms with E-state index in [0.717, 1.165) is 12.1 Å². The Balaban J connectivity index is 2.49. The minimum Gasteiger partial charge on any atom is -0.493 e. The summed E-state index contributed by atoms with van der Waals surface area (Å²) in [7, 11) is 0. The van der Waals surface area contributed by atoms with E-state index in [2.05, 4.69) is 0 Å². The topological polar surface area (TPSA) is 46.5 Å². The predicted molar refractivity (Wildman–Crippen MR) is 57.4 cm³/mol. The average molecular weight is 284 g/mol. The standard InChI is InChI=1S/C10H8F4O3S/c11-8-5-6(1-2-7(8)9(15)16)17-3-4-18-10(12,13)14/h1-2,5H,3-4H2,(H,15,16). The van der Waals surface area contributed by atoms with E-state index in [1.807, 2.05) is 0 Å². The van der Waals surface area contributed by atoms with Gasteiger partial charge in [-0.05, 0) is 23.9 Å². The van der Waals surface area contributed by atoms with Crippen LogP contribution < -0.4 is 4.74 Å². The van der Waals surface area contributed by atoms with E-state index in [9.17, 15) is 22.4 Å². The van der Waals surface area contributed by atoms with Crippen molar-refractivity contribution in [2.24, 2.45) is 0 Å². The van der Waals surface area contributed by atoms with Gasteiger partial charge in [-0.3, -0.25) is 0 Å². The Morgan fingerprint density at radius 3 is 2.56 bits per heavy atom. The number of hydrogen-bond acceptors (Lipinski definition) is 3. The molecule has 1 N–H and O–H groups in total. The molecule has 0 aliphatic carbocycles. The molecule has 0 aliphatic rings. The van der Waals surface area contributed by atoms with E-state index in [1.54, 1.807) is 0 Å². The van der Waals surface area contributed by atoms with Crippen molar-refractivity contribution >= 4 is 17.7 Å². The largest absolute Gasteiger partial charge is 0.493 e. The highest BCUT2D eigenvalue weighted by atomic mass is 32.2. The zero-order valence-corrected chi connectivity index (χ0v) is 9.65. The van der Waals surface area contributed by atoms with Gasteiger partial charge >= 0.3 is 11.5 Å². The molecule has 0 radical (unpaired) electrons. The van der Waals surface area contributed by atoms with E-state index in [4.69, 9.17) is 9.84 Å². The third-order valence-corrected chi connectivity index (χ3v) is 2.49. The van der Waals surface area contributed by atoms with Crippen LogP contribution in [0.25, 0.3) is 0 Å². The second kappa shape index (κ2) is 5.94. The highest BCUT2D eigenvalue weighted by Gasteiger charge is 2.27. The molecule has 0 saturated carbocycles. The maximum Gasteiger partial charge on any atom is 0.441 e. The van der Waals surface area contributed by atoms with Crippen LogP contribution in [-0.4, -0.2) is 28.9 Å². The van der Waals surface area contributed by atoms with Gasteiger partial charge < -0.3 is 9.84 Å². The minimum atomic E-state index is -4.33. The number of thioether (sulfide) groups is 1. The summed E-state index contributed by atoms with van der Waals surface area (Å²) in [5.74, 6) is -2.76. The van der Waals surface area contributed by atoms with Gasteiger partial charge in [0, 0.05) is 11.8 Å². The van der Waals surface area contributed by atoms with E-state index < -0.39 is 22.9 Å². The molecule has 0 spiro atoms. The van der Waals surface area contributed by atoms with Gasteiger partial charge in [0.25, 0.3) is 0 Å². The van der Waals surface area contributed by atoms with Crippen LogP contribution in [0.3, 0.4) is 0 Å². The molecule has 100 valence electrons. The van der Waals surface area contributed by atoms with Crippen LogP contribution in [-0.2, 0) is 0 Å². The molecule has 1 rings (SSSR count). The number of carboxylic acid groups (broad SMARTS) is 1. The molecular weight excluding hydrogens is 276 g/mol. The maximum atomic E-state index is 13.2. The molecule has 18 heavy (non-hydrogen) atoms. The van der Waals surface area contributed by atoms with Gasteiger partial charge in [-0.25, -0.2) is 9.18 Å². The van der Waals surface area contributed by atoms with Crippen molar-refractivity contribution in [1.29, 1.82) is 0 Å². The molecule has 0 aromatic heterocycles. The van der Waals surface area contributed by atoms with Crippen molar-refractivity contribution in [3.05, 3.63) is 29.6 Å². The summed E-state index contributed by atoms with van der Waals surface area (Å²) < 4.78 is 53.3. The maximum absolute atomic E-state index is 13.2. The number of benzene rings is 1. The number of carbonyl (C=O) groups is 1. The Bertz CT molecular complexity index is 434. The summed E-state index contributed by atoms with van der Waals surface area (Å²) in [6, 6.07) is 3.00. The number of ether oxygens (including phenoxy) is 1. The molecule has 0 unspecified atom stereocenters. The molecule has 0 bridgehead atoms. The lowest BCUT2D eigenvalue weighted by Crippen LogP contribution is -2.08. The highest BCUT2D eigenvalue weighted by molar-refractivity contribution is 8.00. The SMILES string of the molecule is O=C(O)c1ccc(OCCSC(F)(F)F)cc1F. The van der Waals surface area contributed by atoms with Crippen LogP contribution >= 0.6 is 11.8 Å². The van der Waals surface area contributed by atoms with Crippen molar-refractivity contribution in [2.45, 2.75) is 5.51 Å². The van der Waals surface area contributed by atoms with Gasteiger partial charge in [-0.2, -0.15) is 13.2 Å². The molecule has 1 aromatic rings. The Kier molecular flexibility index (Phi) is 4.83. The predicted octanol–water partition coefficient (Wildman–Crippen LogP) is 3.16. The van der Waals surface area contributed by atoms with Crippen molar-refractivity contribution in [1.82, 2.24) is 0 Å². The van der Waals surface area contributed by atoms with Crippen molar-refractivity contribution < 1.29 is 32.2 Å². The molecule has 0 atom stereocenters. The summed E-state index contributed by atoms with van der Waals surface area (Å²) >= 11 is -0.248. The van der Waals surface area contributed by atoms with E-state index in [-0.39, 0.29) is 29.9 Å². The number of alkyl halides is 3. The summed E-state index contributed by atoms with van der Waals surface area (Å²) in [6.45, 7) is -0.254. The highest BCUT2D eigenvalue weighted by Crippen LogP contribution is 2.29. The van der Waals surface area contributed by atoms with Gasteiger partial charge in [0.2, 0.25) is 0 Å². The second-order valence-electron chi connectivity index (χ2n) is 3.09. The third kappa shape index (κ3) is 4.82. The first-order chi connectivity index (χ1) is 8.29. The quantitative estimate of drug-likeness (QED) is 0.666. The van der Waals surface area contributed by atoms with Crippen LogP contribution in [0.5, 0.6) is 5.75 Å². The smallest absolute Gasteiger partial charge is 0.441 e. The van der Waals surface area contributed by atoms with E-state index in [0.29, 0.717) is 0 Å². The second-order valence-corrected chi connectivity index (χ2v) is 4.25. The van der Waals surface area contributed by atoms with Crippen LogP contribution in [0, 0.1) is 5.82 Å². The van der Waals surface area contributed by atoms with Crippen molar-refractivity contribution in [2.75, 3.05) is 12.4 Å². The lowest BCUT2D eigenvalue weighted by molar-refractivity contribution is -0.0329. The molecule has 0 fully saturated rings. The molecule has 3 nitrogen and oxygen atoms in total. The Morgan fingerprint density at radius 1 is 1.39 bits per heavy atom. The Morgan fingerprint density at radius 2 is 2.06 bits per heavy atom. The molecule has 8 heteroatoms. The van der Waals surface area contributed by atoms with Crippen LogP contribution in [0.15, 0.2) is 18.2 Å². The number of carboxylic acids is 1. The third-order valence-electron chi connectivity index (χ3n) is 1.79. The number of rotatable bonds is 5. The summed E-state index contributed by atoms with van der Waals surface area (Å²) in [5.41, 5.74) is -4.85. The zero-order chi connectivity index (χ0) is 13.8. The normalized spacial score (nSPS) is 11.3. The van der Waals surface area contributed by atoms with Gasteiger partial charge in [0.05, 0.1) is 12.2 Å². The van der Waals surface area contributed by atoms with Gasteiger partial charge in [-0.1, -0.05) is 0 Å². The zero-order valence-electron chi connectivity index (χ0n) is 8.83. The van der Waals surface area contributed by atoms with Crippen molar-refractivity contribution in [3.8, 4) is 5.75 Å². The lowest BCUT2D eigenvalue weighted by Gasteiger charge is -2.08. The van der Waals surface area contributed by atoms with E-state index >= 15 is 0 Å². The first-order valence-electron chi connectivity index (χ1n) is 4.66. The fraction of sp³-hybridized carbons (Fsp3) is 0.300.